The maximum Gasteiger partial charge on any atom is 0.394 e. The van der Waals surface area contributed by atoms with Gasteiger partial charge >= 0.3 is 16.4 Å². The summed E-state index contributed by atoms with van der Waals surface area (Å²) in [6, 6.07) is 11.1. The smallest absolute Gasteiger partial charge is 0.394 e. The number of aliphatic hydroxyl groups excluding tert-OH is 1. The minimum absolute atomic E-state index is 0.0828. The molecule has 1 saturated carbocycles. The molecule has 9 rings (SSSR count). The average molecular weight is 910 g/mol. The number of aromatic amines is 1. The van der Waals surface area contributed by atoms with Gasteiger partial charge in [-0.2, -0.15) is 8.42 Å². The van der Waals surface area contributed by atoms with Gasteiger partial charge in [0.2, 0.25) is 0 Å². The van der Waals surface area contributed by atoms with E-state index in [0.29, 0.717) is 69.5 Å². The summed E-state index contributed by atoms with van der Waals surface area (Å²) in [6.07, 6.45) is 5.90. The third-order valence-electron chi connectivity index (χ3n) is 15.8. The average Bonchev–Trinajstić information content (AvgIpc) is 3.93. The number of nitrogens with zero attached hydrogens (tertiary/aromatic N) is 3. The van der Waals surface area contributed by atoms with Crippen molar-refractivity contribution >= 4 is 38.9 Å². The summed E-state index contributed by atoms with van der Waals surface area (Å²) in [7, 11) is 1.84. The summed E-state index contributed by atoms with van der Waals surface area (Å²) in [4.78, 5) is 40.4. The highest BCUT2D eigenvalue weighted by molar-refractivity contribution is 7.79. The van der Waals surface area contributed by atoms with Crippen LogP contribution in [0.25, 0.3) is 10.9 Å². The van der Waals surface area contributed by atoms with Crippen LogP contribution in [0.15, 0.2) is 48.6 Å². The highest BCUT2D eigenvalue weighted by atomic mass is 32.3. The molecule has 17 nitrogen and oxygen atoms in total. The van der Waals surface area contributed by atoms with Crippen molar-refractivity contribution in [1.29, 1.82) is 0 Å². The van der Waals surface area contributed by atoms with Crippen molar-refractivity contribution in [2.45, 2.75) is 92.6 Å². The van der Waals surface area contributed by atoms with Crippen molar-refractivity contribution < 1.29 is 56.6 Å². The number of anilines is 1. The Morgan fingerprint density at radius 3 is 2.41 bits per heavy atom. The van der Waals surface area contributed by atoms with Crippen LogP contribution in [0.2, 0.25) is 0 Å². The summed E-state index contributed by atoms with van der Waals surface area (Å²) in [6.45, 7) is 7.85. The number of nitrogens with one attached hydrogen (secondary N) is 2. The number of H-pyrrole nitrogens is 1. The quantitative estimate of drug-likeness (QED) is 0.0707. The second-order valence-electron chi connectivity index (χ2n) is 18.8. The van der Waals surface area contributed by atoms with E-state index >= 15 is 4.79 Å². The minimum atomic E-state index is -4.67. The molecular weight excluding hydrogens is 847 g/mol. The van der Waals surface area contributed by atoms with E-state index in [1.807, 2.05) is 56.1 Å². The van der Waals surface area contributed by atoms with Crippen molar-refractivity contribution in [3.63, 3.8) is 0 Å². The molecule has 0 radical (unpaired) electrons. The van der Waals surface area contributed by atoms with Gasteiger partial charge in [0.05, 0.1) is 32.5 Å². The summed E-state index contributed by atoms with van der Waals surface area (Å²) < 4.78 is 49.2. The van der Waals surface area contributed by atoms with E-state index in [0.717, 1.165) is 46.5 Å². The Morgan fingerprint density at radius 2 is 1.73 bits per heavy atom. The molecular formula is C46H63N5O12S. The van der Waals surface area contributed by atoms with Crippen LogP contribution in [-0.4, -0.2) is 163 Å². The van der Waals surface area contributed by atoms with E-state index < -0.39 is 61.9 Å². The van der Waals surface area contributed by atoms with Gasteiger partial charge in [-0.1, -0.05) is 44.2 Å². The number of carbonyl (C=O) groups is 2. The van der Waals surface area contributed by atoms with Crippen LogP contribution in [0.1, 0.15) is 68.3 Å². The van der Waals surface area contributed by atoms with Gasteiger partial charge in [-0.05, 0) is 74.2 Å². The number of methoxy groups -OCH3 is 3. The fourth-order valence-corrected chi connectivity index (χ4v) is 13.4. The minimum Gasteiger partial charge on any atom is -0.496 e. The summed E-state index contributed by atoms with van der Waals surface area (Å²) in [5.41, 5.74) is -1.33. The van der Waals surface area contributed by atoms with Crippen LogP contribution in [-0.2, 0) is 46.7 Å². The molecule has 7 N–H and O–H groups in total. The number of amides is 1. The number of aliphatic hydroxyl groups is 3. The number of esters is 1. The van der Waals surface area contributed by atoms with E-state index in [9.17, 15) is 20.1 Å². The van der Waals surface area contributed by atoms with Gasteiger partial charge in [0.25, 0.3) is 5.91 Å². The van der Waals surface area contributed by atoms with Crippen LogP contribution in [0.5, 0.6) is 5.75 Å². The maximum atomic E-state index is 15.3. The summed E-state index contributed by atoms with van der Waals surface area (Å²) in [5.74, 6) is -0.669. The maximum absolute atomic E-state index is 15.3. The fraction of sp³-hybridized carbons (Fsp3) is 0.609. The van der Waals surface area contributed by atoms with E-state index in [1.165, 1.54) is 7.11 Å². The summed E-state index contributed by atoms with van der Waals surface area (Å²) >= 11 is 0. The molecule has 2 bridgehead atoms. The highest BCUT2D eigenvalue weighted by Gasteiger charge is 2.78. The van der Waals surface area contributed by atoms with Gasteiger partial charge in [-0.15, -0.1) is 0 Å². The third-order valence-corrected chi connectivity index (χ3v) is 15.8. The zero-order valence-electron chi connectivity index (χ0n) is 37.5. The lowest BCUT2D eigenvalue weighted by atomic mass is 9.47. The molecule has 1 amide bonds. The number of carbonyl (C=O) groups excluding carboxylic acids is 2. The van der Waals surface area contributed by atoms with Gasteiger partial charge in [0.1, 0.15) is 17.3 Å². The number of rotatable bonds is 9. The first-order valence-corrected chi connectivity index (χ1v) is 23.6. The number of aromatic nitrogens is 1. The van der Waals surface area contributed by atoms with Crippen LogP contribution in [0, 0.1) is 11.3 Å². The normalized spacial score (nSPS) is 35.1. The van der Waals surface area contributed by atoms with Gasteiger partial charge < -0.3 is 44.7 Å². The van der Waals surface area contributed by atoms with E-state index in [-0.39, 0.29) is 25.1 Å². The predicted octanol–water partition coefficient (Wildman–Crippen LogP) is 2.36. The Balaban J connectivity index is 0.00000106. The zero-order valence-corrected chi connectivity index (χ0v) is 38.3. The first kappa shape index (κ1) is 46.4. The molecule has 2 saturated heterocycles. The number of fused-ring (bicyclic) bond motifs is 6. The Morgan fingerprint density at radius 1 is 1.00 bits per heavy atom. The lowest BCUT2D eigenvalue weighted by Crippen LogP contribution is -2.81. The largest absolute Gasteiger partial charge is 0.496 e. The molecule has 6 heterocycles. The second-order valence-corrected chi connectivity index (χ2v) is 19.7. The Labute approximate surface area is 374 Å². The van der Waals surface area contributed by atoms with Crippen molar-refractivity contribution in [2.24, 2.45) is 11.3 Å². The van der Waals surface area contributed by atoms with Gasteiger partial charge in [-0.3, -0.25) is 28.5 Å². The third kappa shape index (κ3) is 6.89. The van der Waals surface area contributed by atoms with Crippen LogP contribution in [0.4, 0.5) is 5.69 Å². The standard InChI is InChI=1S/C46H61N5O8.H2O4S/c1-7-42(55)24-28-25-45(41(54)59-6,36-30(14-19-50(26-28)27-42)29-12-9-10-13-33(29)48-36)32-22-31-34(23-35(32)58-5)49(3)38-44(31)16-20-51-18-11-15-43(8-2,37(44)51)39(52)46(38,56)40(53)47-17-21-57-4;1-5(2,3)4/h9-13,15,22-23,28,37-39,48,52,55-56H,7-8,14,16-21,24-27H2,1-6H3,(H,47,53);(H2,1,2,3,4)/t28-,37+,38-,39-,42+,43-,44-,45+,46+;/m1./s1. The molecule has 2 aromatic carbocycles. The lowest BCUT2D eigenvalue weighted by molar-refractivity contribution is -0.203. The molecule has 350 valence electrons. The van der Waals surface area contributed by atoms with Crippen molar-refractivity contribution in [3.05, 3.63) is 70.9 Å². The molecule has 10 atom stereocenters. The SMILES string of the molecule is CC[C@]1(O)C[C@H]2CN(CCc3c([nH]c4ccccc34)[C@@](C(=O)OC)(c3cc4c(cc3OC)N(C)[C@H]3[C@@](O)(C(=O)NCCOC)[C@H](O)[C@]5(CC)C=CCN6CC[C@]43[C@@H]65)C2)C1.O=S(=O)(O)O. The Hall–Kier alpha value is -4.11. The number of para-hydroxylation sites is 1. The molecule has 5 aliphatic heterocycles. The van der Waals surface area contributed by atoms with Crippen LogP contribution < -0.4 is 15.0 Å². The first-order chi connectivity index (χ1) is 30.3. The molecule has 1 spiro atoms. The van der Waals surface area contributed by atoms with Gasteiger partial charge in [0, 0.05) is 97.7 Å². The first-order valence-electron chi connectivity index (χ1n) is 22.2. The Bertz CT molecular complexity index is 2440. The van der Waals surface area contributed by atoms with E-state index in [1.54, 1.807) is 14.2 Å². The van der Waals surface area contributed by atoms with Gasteiger partial charge in [0.15, 0.2) is 5.60 Å². The monoisotopic (exact) mass is 909 g/mol. The Kier molecular flexibility index (Phi) is 12.1. The second kappa shape index (κ2) is 16.6. The zero-order chi connectivity index (χ0) is 46.2. The highest BCUT2D eigenvalue weighted by Crippen LogP contribution is 2.67. The van der Waals surface area contributed by atoms with Crippen molar-refractivity contribution in [1.82, 2.24) is 20.1 Å². The van der Waals surface area contributed by atoms with Gasteiger partial charge in [-0.25, -0.2) is 0 Å². The predicted molar refractivity (Wildman–Crippen MR) is 238 cm³/mol. The van der Waals surface area contributed by atoms with Crippen molar-refractivity contribution in [2.75, 3.05) is 79.2 Å². The number of benzene rings is 2. The number of likely N-dealkylation sites (N-methyl/N-ethyl adjacent to an activating group) is 1. The number of piperidine rings is 1. The molecule has 18 heteroatoms. The molecule has 1 aromatic heterocycles. The molecule has 3 fully saturated rings. The summed E-state index contributed by atoms with van der Waals surface area (Å²) in [5, 5.41) is 41.8. The number of ether oxygens (including phenoxy) is 3. The molecule has 6 aliphatic rings. The van der Waals surface area contributed by atoms with Crippen LogP contribution in [0.3, 0.4) is 0 Å². The van der Waals surface area contributed by atoms with E-state index in [2.05, 4.69) is 38.3 Å². The number of hydrogen-bond donors (Lipinski definition) is 7. The fourth-order valence-electron chi connectivity index (χ4n) is 13.4. The molecule has 64 heavy (non-hydrogen) atoms. The molecule has 3 aromatic rings. The van der Waals surface area contributed by atoms with Crippen LogP contribution >= 0.6 is 0 Å². The molecule has 1 unspecified atom stereocenters. The number of hydrogen-bond acceptors (Lipinski definition) is 13. The topological polar surface area (TPSA) is 235 Å². The molecule has 1 aliphatic carbocycles. The van der Waals surface area contributed by atoms with E-state index in [4.69, 9.17) is 31.7 Å². The lowest BCUT2D eigenvalue weighted by Gasteiger charge is -2.63. The van der Waals surface area contributed by atoms with Crippen molar-refractivity contribution in [3.8, 4) is 5.75 Å².